The van der Waals surface area contributed by atoms with Gasteiger partial charge in [-0.15, -0.1) is 0 Å². The van der Waals surface area contributed by atoms with Gasteiger partial charge in [0.25, 0.3) is 0 Å². The minimum absolute atomic E-state index is 0.0771. The number of hydrogen-bond acceptors (Lipinski definition) is 5. The van der Waals surface area contributed by atoms with Crippen LogP contribution in [-0.4, -0.2) is 29.7 Å². The molecule has 1 aromatic carbocycles. The summed E-state index contributed by atoms with van der Waals surface area (Å²) in [5, 5.41) is 7.20. The van der Waals surface area contributed by atoms with Gasteiger partial charge in [-0.3, -0.25) is 4.68 Å². The molecule has 0 bridgehead atoms. The Labute approximate surface area is 117 Å². The Morgan fingerprint density at radius 3 is 3.05 bits per heavy atom. The van der Waals surface area contributed by atoms with E-state index in [0.29, 0.717) is 5.82 Å². The van der Waals surface area contributed by atoms with Crippen molar-refractivity contribution in [1.29, 1.82) is 0 Å². The Hall–Kier alpha value is -1.93. The molecule has 0 aliphatic carbocycles. The third kappa shape index (κ3) is 2.52. The fourth-order valence-electron chi connectivity index (χ4n) is 2.14. The van der Waals surface area contributed by atoms with E-state index in [4.69, 9.17) is 0 Å². The van der Waals surface area contributed by atoms with Gasteiger partial charge in [-0.05, 0) is 24.1 Å². The minimum atomic E-state index is -3.55. The molecule has 0 unspecified atom stereocenters. The van der Waals surface area contributed by atoms with Gasteiger partial charge < -0.3 is 5.32 Å². The van der Waals surface area contributed by atoms with E-state index in [9.17, 15) is 8.42 Å². The molecule has 3 rings (SSSR count). The second kappa shape index (κ2) is 4.88. The molecule has 2 heterocycles. The van der Waals surface area contributed by atoms with Gasteiger partial charge in [0, 0.05) is 19.3 Å². The molecule has 2 N–H and O–H groups in total. The fourth-order valence-corrected chi connectivity index (χ4v) is 3.15. The predicted octanol–water partition coefficient (Wildman–Crippen LogP) is 0.262. The van der Waals surface area contributed by atoms with Crippen LogP contribution < -0.4 is 10.0 Å². The number of fused-ring (bicyclic) bond motifs is 1. The van der Waals surface area contributed by atoms with Crippen molar-refractivity contribution in [3.63, 3.8) is 0 Å². The van der Waals surface area contributed by atoms with Crippen molar-refractivity contribution in [2.45, 2.75) is 17.9 Å². The van der Waals surface area contributed by atoms with E-state index in [-0.39, 0.29) is 11.4 Å². The van der Waals surface area contributed by atoms with Crippen molar-refractivity contribution >= 4 is 15.7 Å². The molecule has 20 heavy (non-hydrogen) atoms. The standard InChI is InChI=1S/C12H15N5O2S/c1-17-8-14-12(16-17)7-15-20(18,19)10-3-2-9-4-5-13-11(9)6-10/h2-3,6,8,13,15H,4-5,7H2,1H3. The number of benzene rings is 1. The van der Waals surface area contributed by atoms with Gasteiger partial charge in [0.05, 0.1) is 11.4 Å². The second-order valence-electron chi connectivity index (χ2n) is 4.65. The van der Waals surface area contributed by atoms with Crippen molar-refractivity contribution in [3.05, 3.63) is 35.9 Å². The molecular weight excluding hydrogens is 278 g/mol. The molecule has 0 saturated heterocycles. The zero-order valence-electron chi connectivity index (χ0n) is 11.0. The van der Waals surface area contributed by atoms with Crippen LogP contribution in [0, 0.1) is 0 Å². The van der Waals surface area contributed by atoms with Gasteiger partial charge in [0.15, 0.2) is 5.82 Å². The number of anilines is 1. The topological polar surface area (TPSA) is 88.9 Å². The lowest BCUT2D eigenvalue weighted by atomic mass is 10.2. The lowest BCUT2D eigenvalue weighted by Crippen LogP contribution is -2.24. The molecule has 0 amide bonds. The van der Waals surface area contributed by atoms with Crippen molar-refractivity contribution in [1.82, 2.24) is 19.5 Å². The molecular formula is C12H15N5O2S. The summed E-state index contributed by atoms with van der Waals surface area (Å²) in [6.07, 6.45) is 2.46. The summed E-state index contributed by atoms with van der Waals surface area (Å²) in [4.78, 5) is 4.23. The summed E-state index contributed by atoms with van der Waals surface area (Å²) in [6, 6.07) is 5.14. The number of hydrogen-bond donors (Lipinski definition) is 2. The molecule has 0 saturated carbocycles. The van der Waals surface area contributed by atoms with Crippen LogP contribution in [0.2, 0.25) is 0 Å². The fraction of sp³-hybridized carbons (Fsp3) is 0.333. The van der Waals surface area contributed by atoms with Gasteiger partial charge in [0.1, 0.15) is 6.33 Å². The van der Waals surface area contributed by atoms with E-state index in [2.05, 4.69) is 20.1 Å². The molecule has 2 aromatic rings. The molecule has 1 aliphatic heterocycles. The monoisotopic (exact) mass is 293 g/mol. The van der Waals surface area contributed by atoms with Gasteiger partial charge in [0.2, 0.25) is 10.0 Å². The van der Waals surface area contributed by atoms with Gasteiger partial charge in [-0.25, -0.2) is 18.1 Å². The number of sulfonamides is 1. The van der Waals surface area contributed by atoms with Crippen molar-refractivity contribution in [3.8, 4) is 0 Å². The van der Waals surface area contributed by atoms with Crippen LogP contribution >= 0.6 is 0 Å². The summed E-state index contributed by atoms with van der Waals surface area (Å²) in [7, 11) is -1.82. The summed E-state index contributed by atoms with van der Waals surface area (Å²) >= 11 is 0. The van der Waals surface area contributed by atoms with E-state index in [1.165, 1.54) is 11.0 Å². The maximum Gasteiger partial charge on any atom is 0.241 e. The first kappa shape index (κ1) is 13.1. The Kier molecular flexibility index (Phi) is 3.19. The highest BCUT2D eigenvalue weighted by molar-refractivity contribution is 7.89. The van der Waals surface area contributed by atoms with Crippen molar-refractivity contribution in [2.75, 3.05) is 11.9 Å². The predicted molar refractivity (Wildman–Crippen MR) is 73.7 cm³/mol. The Balaban J connectivity index is 1.78. The third-order valence-electron chi connectivity index (χ3n) is 3.17. The van der Waals surface area contributed by atoms with Gasteiger partial charge in [-0.2, -0.15) is 5.10 Å². The molecule has 1 aromatic heterocycles. The van der Waals surface area contributed by atoms with Crippen LogP contribution in [0.1, 0.15) is 11.4 Å². The number of aryl methyl sites for hydroxylation is 1. The van der Waals surface area contributed by atoms with Crippen molar-refractivity contribution < 1.29 is 8.42 Å². The Morgan fingerprint density at radius 1 is 1.45 bits per heavy atom. The lowest BCUT2D eigenvalue weighted by molar-refractivity contribution is 0.578. The minimum Gasteiger partial charge on any atom is -0.384 e. The van der Waals surface area contributed by atoms with Gasteiger partial charge >= 0.3 is 0 Å². The third-order valence-corrected chi connectivity index (χ3v) is 4.57. The van der Waals surface area contributed by atoms with Crippen LogP contribution in [0.5, 0.6) is 0 Å². The van der Waals surface area contributed by atoms with E-state index < -0.39 is 10.0 Å². The molecule has 106 valence electrons. The van der Waals surface area contributed by atoms with Crippen LogP contribution in [-0.2, 0) is 30.0 Å². The summed E-state index contributed by atoms with van der Waals surface area (Å²) < 4.78 is 28.5. The summed E-state index contributed by atoms with van der Waals surface area (Å²) in [5.74, 6) is 0.440. The first-order valence-electron chi connectivity index (χ1n) is 6.25. The molecule has 0 fully saturated rings. The average molecular weight is 293 g/mol. The first-order chi connectivity index (χ1) is 9.54. The van der Waals surface area contributed by atoms with Crippen LogP contribution in [0.15, 0.2) is 29.4 Å². The van der Waals surface area contributed by atoms with E-state index in [0.717, 1.165) is 24.2 Å². The van der Waals surface area contributed by atoms with Crippen LogP contribution in [0.3, 0.4) is 0 Å². The zero-order chi connectivity index (χ0) is 14.2. The number of rotatable bonds is 4. The maximum absolute atomic E-state index is 12.2. The van der Waals surface area contributed by atoms with E-state index in [1.807, 2.05) is 6.07 Å². The SMILES string of the molecule is Cn1cnc(CNS(=O)(=O)c2ccc3c(c2)NCC3)n1. The molecule has 0 radical (unpaired) electrons. The lowest BCUT2D eigenvalue weighted by Gasteiger charge is -2.07. The maximum atomic E-state index is 12.2. The second-order valence-corrected chi connectivity index (χ2v) is 6.42. The first-order valence-corrected chi connectivity index (χ1v) is 7.74. The molecule has 0 atom stereocenters. The van der Waals surface area contributed by atoms with Crippen molar-refractivity contribution in [2.24, 2.45) is 7.05 Å². The zero-order valence-corrected chi connectivity index (χ0v) is 11.8. The van der Waals surface area contributed by atoms with Gasteiger partial charge in [-0.1, -0.05) is 6.07 Å². The largest absolute Gasteiger partial charge is 0.384 e. The average Bonchev–Trinajstić information content (AvgIpc) is 3.04. The summed E-state index contributed by atoms with van der Waals surface area (Å²) in [6.45, 7) is 0.928. The quantitative estimate of drug-likeness (QED) is 0.844. The molecule has 0 spiro atoms. The highest BCUT2D eigenvalue weighted by Gasteiger charge is 2.18. The number of aromatic nitrogens is 3. The van der Waals surface area contributed by atoms with E-state index >= 15 is 0 Å². The normalized spacial score (nSPS) is 14.1. The Morgan fingerprint density at radius 2 is 2.30 bits per heavy atom. The van der Waals surface area contributed by atoms with Crippen LogP contribution in [0.4, 0.5) is 5.69 Å². The van der Waals surface area contributed by atoms with E-state index in [1.54, 1.807) is 19.2 Å². The number of nitrogens with zero attached hydrogens (tertiary/aromatic N) is 3. The Bertz CT molecular complexity index is 738. The number of nitrogens with one attached hydrogen (secondary N) is 2. The summed E-state index contributed by atoms with van der Waals surface area (Å²) in [5.41, 5.74) is 2.04. The van der Waals surface area contributed by atoms with Crippen LogP contribution in [0.25, 0.3) is 0 Å². The molecule has 8 heteroatoms. The smallest absolute Gasteiger partial charge is 0.241 e. The molecule has 1 aliphatic rings. The highest BCUT2D eigenvalue weighted by atomic mass is 32.2. The molecule has 7 nitrogen and oxygen atoms in total. The highest BCUT2D eigenvalue weighted by Crippen LogP contribution is 2.25.